The Morgan fingerprint density at radius 2 is 2.12 bits per heavy atom. The number of hydrogen-bond acceptors (Lipinski definition) is 3. The van der Waals surface area contributed by atoms with Crippen LogP contribution in [-0.4, -0.2) is 31.6 Å². The average Bonchev–Trinajstić information content (AvgIpc) is 2.56. The molecule has 0 spiro atoms. The van der Waals surface area contributed by atoms with Crippen LogP contribution in [0.2, 0.25) is 0 Å². The number of rotatable bonds is 2. The fourth-order valence-electron chi connectivity index (χ4n) is 1.40. The van der Waals surface area contributed by atoms with Crippen LogP contribution in [-0.2, 0) is 6.54 Å². The van der Waals surface area contributed by atoms with Gasteiger partial charge in [0, 0.05) is 17.8 Å². The van der Waals surface area contributed by atoms with Gasteiger partial charge >= 0.3 is 6.18 Å². The van der Waals surface area contributed by atoms with Gasteiger partial charge in [-0.25, -0.2) is 0 Å². The second kappa shape index (κ2) is 3.69. The van der Waals surface area contributed by atoms with Crippen molar-refractivity contribution in [2.75, 3.05) is 0 Å². The van der Waals surface area contributed by atoms with Crippen molar-refractivity contribution in [3.05, 3.63) is 24.7 Å². The van der Waals surface area contributed by atoms with E-state index in [-0.39, 0.29) is 0 Å². The number of aliphatic hydroxyl groups is 1. The van der Waals surface area contributed by atoms with E-state index >= 15 is 0 Å². The van der Waals surface area contributed by atoms with Gasteiger partial charge in [-0.1, -0.05) is 0 Å². The highest BCUT2D eigenvalue weighted by Gasteiger charge is 2.50. The van der Waals surface area contributed by atoms with E-state index in [2.05, 4.69) is 10.1 Å². The van der Waals surface area contributed by atoms with Crippen LogP contribution >= 0.6 is 0 Å². The Kier molecular flexibility index (Phi) is 2.57. The van der Waals surface area contributed by atoms with E-state index in [1.807, 2.05) is 0 Å². The molecule has 92 valence electrons. The third kappa shape index (κ3) is 2.23. The molecule has 0 aliphatic carbocycles. The maximum atomic E-state index is 12.5. The molecule has 0 aromatic carbocycles. The largest absolute Gasteiger partial charge is 0.418 e. The van der Waals surface area contributed by atoms with Gasteiger partial charge in [-0.2, -0.15) is 18.3 Å². The molecule has 0 fully saturated rings. The van der Waals surface area contributed by atoms with E-state index in [1.165, 1.54) is 18.6 Å². The number of fused-ring (bicyclic) bond motifs is 1. The first-order valence-electron chi connectivity index (χ1n) is 4.86. The summed E-state index contributed by atoms with van der Waals surface area (Å²) < 4.78 is 38.5. The van der Waals surface area contributed by atoms with Gasteiger partial charge < -0.3 is 5.11 Å². The molecular weight excluding hydrogens is 235 g/mol. The summed E-state index contributed by atoms with van der Waals surface area (Å²) >= 11 is 0. The smallest absolute Gasteiger partial charge is 0.379 e. The second-order valence-electron chi connectivity index (χ2n) is 4.03. The highest BCUT2D eigenvalue weighted by atomic mass is 19.4. The van der Waals surface area contributed by atoms with Gasteiger partial charge in [0.1, 0.15) is 5.52 Å². The SMILES string of the molecule is CC(O)(Cn1cc2ccncc2n1)C(F)(F)F. The number of hydrogen-bond donors (Lipinski definition) is 1. The average molecular weight is 245 g/mol. The molecule has 2 aromatic rings. The molecule has 1 atom stereocenters. The summed E-state index contributed by atoms with van der Waals surface area (Å²) in [6.07, 6.45) is -0.273. The van der Waals surface area contributed by atoms with E-state index in [0.717, 1.165) is 11.6 Å². The molecule has 1 N–H and O–H groups in total. The highest BCUT2D eigenvalue weighted by molar-refractivity contribution is 5.76. The molecule has 0 bridgehead atoms. The van der Waals surface area contributed by atoms with E-state index in [4.69, 9.17) is 0 Å². The predicted octanol–water partition coefficient (Wildman–Crippen LogP) is 1.74. The molecule has 17 heavy (non-hydrogen) atoms. The monoisotopic (exact) mass is 245 g/mol. The molecule has 7 heteroatoms. The van der Waals surface area contributed by atoms with E-state index in [0.29, 0.717) is 10.9 Å². The Morgan fingerprint density at radius 3 is 2.71 bits per heavy atom. The lowest BCUT2D eigenvalue weighted by Gasteiger charge is -2.25. The van der Waals surface area contributed by atoms with Gasteiger partial charge in [-0.3, -0.25) is 9.67 Å². The summed E-state index contributed by atoms with van der Waals surface area (Å²) in [5.74, 6) is 0. The van der Waals surface area contributed by atoms with Crippen LogP contribution in [0, 0.1) is 0 Å². The van der Waals surface area contributed by atoms with Crippen molar-refractivity contribution in [2.45, 2.75) is 25.2 Å². The third-order valence-corrected chi connectivity index (χ3v) is 2.44. The maximum Gasteiger partial charge on any atom is 0.418 e. The Balaban J connectivity index is 2.30. The van der Waals surface area contributed by atoms with Crippen LogP contribution in [0.3, 0.4) is 0 Å². The Bertz CT molecular complexity index is 500. The van der Waals surface area contributed by atoms with E-state index in [1.54, 1.807) is 6.07 Å². The van der Waals surface area contributed by atoms with Crippen molar-refractivity contribution in [2.24, 2.45) is 0 Å². The van der Waals surface area contributed by atoms with Gasteiger partial charge in [0.2, 0.25) is 0 Å². The molecule has 0 saturated heterocycles. The molecule has 2 aromatic heterocycles. The van der Waals surface area contributed by atoms with Crippen LogP contribution in [0.15, 0.2) is 24.7 Å². The number of halogens is 3. The van der Waals surface area contributed by atoms with E-state index < -0.39 is 18.3 Å². The third-order valence-electron chi connectivity index (χ3n) is 2.44. The Hall–Kier alpha value is -1.63. The molecule has 0 saturated carbocycles. The molecule has 2 rings (SSSR count). The zero-order valence-corrected chi connectivity index (χ0v) is 8.94. The summed E-state index contributed by atoms with van der Waals surface area (Å²) in [7, 11) is 0. The first kappa shape index (κ1) is 11.8. The minimum absolute atomic E-state index is 0.491. The van der Waals surface area contributed by atoms with Gasteiger partial charge in [-0.05, 0) is 13.0 Å². The van der Waals surface area contributed by atoms with Gasteiger partial charge in [0.15, 0.2) is 5.60 Å². The van der Waals surface area contributed by atoms with Crippen molar-refractivity contribution in [1.29, 1.82) is 0 Å². The zero-order valence-electron chi connectivity index (χ0n) is 8.94. The van der Waals surface area contributed by atoms with Crippen molar-refractivity contribution in [3.8, 4) is 0 Å². The first-order valence-corrected chi connectivity index (χ1v) is 4.86. The quantitative estimate of drug-likeness (QED) is 0.876. The number of aromatic nitrogens is 3. The minimum Gasteiger partial charge on any atom is -0.379 e. The molecule has 1 unspecified atom stereocenters. The van der Waals surface area contributed by atoms with Crippen molar-refractivity contribution in [3.63, 3.8) is 0 Å². The number of nitrogens with zero attached hydrogens (tertiary/aromatic N) is 3. The molecule has 0 radical (unpaired) electrons. The van der Waals surface area contributed by atoms with E-state index in [9.17, 15) is 18.3 Å². The number of pyridine rings is 1. The fraction of sp³-hybridized carbons (Fsp3) is 0.400. The lowest BCUT2D eigenvalue weighted by molar-refractivity contribution is -0.258. The first-order chi connectivity index (χ1) is 7.79. The van der Waals surface area contributed by atoms with Crippen LogP contribution in [0.4, 0.5) is 13.2 Å². The number of alkyl halides is 3. The second-order valence-corrected chi connectivity index (χ2v) is 4.03. The summed E-state index contributed by atoms with van der Waals surface area (Å²) in [5.41, 5.74) is -2.31. The molecular formula is C10H10F3N3O. The van der Waals surface area contributed by atoms with Crippen LogP contribution in [0.25, 0.3) is 10.9 Å². The molecule has 2 heterocycles. The summed E-state index contributed by atoms with van der Waals surface area (Å²) in [5, 5.41) is 13.9. The van der Waals surface area contributed by atoms with Crippen molar-refractivity contribution < 1.29 is 18.3 Å². The maximum absolute atomic E-state index is 12.5. The predicted molar refractivity (Wildman–Crippen MR) is 54.2 cm³/mol. The van der Waals surface area contributed by atoms with Crippen molar-refractivity contribution in [1.82, 2.24) is 14.8 Å². The summed E-state index contributed by atoms with van der Waals surface area (Å²) in [4.78, 5) is 3.81. The molecule has 4 nitrogen and oxygen atoms in total. The summed E-state index contributed by atoms with van der Waals surface area (Å²) in [6.45, 7) is 0.0722. The molecule has 0 amide bonds. The lowest BCUT2D eigenvalue weighted by atomic mass is 10.1. The van der Waals surface area contributed by atoms with Crippen molar-refractivity contribution >= 4 is 10.9 Å². The molecule has 0 aliphatic heterocycles. The minimum atomic E-state index is -4.69. The molecule has 0 aliphatic rings. The normalized spacial score (nSPS) is 16.1. The topological polar surface area (TPSA) is 50.9 Å². The zero-order chi connectivity index (χ0) is 12.7. The van der Waals surface area contributed by atoms with Crippen LogP contribution in [0.5, 0.6) is 0 Å². The lowest BCUT2D eigenvalue weighted by Crippen LogP contribution is -2.45. The Morgan fingerprint density at radius 1 is 1.41 bits per heavy atom. The van der Waals surface area contributed by atoms with Gasteiger partial charge in [0.25, 0.3) is 0 Å². The summed E-state index contributed by atoms with van der Waals surface area (Å²) in [6, 6.07) is 1.64. The standard InChI is InChI=1S/C10H10F3N3O/c1-9(17,10(11,12)13)6-16-5-7-2-3-14-4-8(7)15-16/h2-5,17H,6H2,1H3. The van der Waals surface area contributed by atoms with Gasteiger partial charge in [0.05, 0.1) is 12.7 Å². The highest BCUT2D eigenvalue weighted by Crippen LogP contribution is 2.31. The fourth-order valence-corrected chi connectivity index (χ4v) is 1.40. The van der Waals surface area contributed by atoms with Gasteiger partial charge in [-0.15, -0.1) is 0 Å². The van der Waals surface area contributed by atoms with Crippen LogP contribution in [0.1, 0.15) is 6.92 Å². The van der Waals surface area contributed by atoms with Crippen LogP contribution < -0.4 is 0 Å². The Labute approximate surface area is 94.7 Å².